The van der Waals surface area contributed by atoms with E-state index in [9.17, 15) is 4.79 Å². The topological polar surface area (TPSA) is 49.3 Å². The van der Waals surface area contributed by atoms with E-state index in [0.717, 1.165) is 5.56 Å². The molecule has 2 N–H and O–H groups in total. The van der Waals surface area contributed by atoms with Crippen LogP contribution in [0.4, 0.5) is 0 Å². The maximum atomic E-state index is 10.4. The third-order valence-corrected chi connectivity index (χ3v) is 1.38. The molecule has 4 heteroatoms. The Morgan fingerprint density at radius 1 is 1.36 bits per heavy atom. The molecule has 1 rings (SSSR count). The molecule has 0 aliphatic heterocycles. The number of benzene rings is 1. The van der Waals surface area contributed by atoms with Crippen molar-refractivity contribution < 1.29 is 30.2 Å². The summed E-state index contributed by atoms with van der Waals surface area (Å²) in [6, 6.07) is 6.92. The number of aromatic carboxylic acids is 1. The second-order valence-corrected chi connectivity index (χ2v) is 2.62. The van der Waals surface area contributed by atoms with Crippen LogP contribution in [0.3, 0.4) is 0 Å². The molecular weight excluding hydrogens is 173 g/mol. The molecule has 0 aliphatic carbocycles. The van der Waals surface area contributed by atoms with Crippen LogP contribution in [0.1, 0.15) is 17.3 Å². The van der Waals surface area contributed by atoms with Gasteiger partial charge in [0.1, 0.15) is 0 Å². The Bertz CT molecular complexity index is 282. The number of carboxylic acids is 1. The predicted molar refractivity (Wildman–Crippen MR) is 54.2 cm³/mol. The molecule has 0 fully saturated rings. The standard InChI is InChI=1S/C8H8O2.C2H7N.Li.H/c1-6-4-2-3-5-7(6)8(9)10;1-3-2;;/h2-5H,1H3,(H,9,10);3H,1-2H3;;/q;;+1;-1. The Hall–Kier alpha value is -0.753. The van der Waals surface area contributed by atoms with Crippen molar-refractivity contribution in [3.63, 3.8) is 0 Å². The van der Waals surface area contributed by atoms with Crippen molar-refractivity contribution in [2.24, 2.45) is 0 Å². The smallest absolute Gasteiger partial charge is 1.00 e. The van der Waals surface area contributed by atoms with E-state index in [4.69, 9.17) is 5.11 Å². The second-order valence-electron chi connectivity index (χ2n) is 2.62. The summed E-state index contributed by atoms with van der Waals surface area (Å²) < 4.78 is 0. The average Bonchev–Trinajstić information content (AvgIpc) is 2.06. The first-order valence-electron chi connectivity index (χ1n) is 4.01. The van der Waals surface area contributed by atoms with Crippen LogP contribution in [0.5, 0.6) is 0 Å². The van der Waals surface area contributed by atoms with E-state index in [0.29, 0.717) is 5.56 Å². The monoisotopic (exact) mass is 189 g/mol. The van der Waals surface area contributed by atoms with Gasteiger partial charge in [-0.2, -0.15) is 0 Å². The summed E-state index contributed by atoms with van der Waals surface area (Å²) in [6.07, 6.45) is 0. The van der Waals surface area contributed by atoms with E-state index in [1.54, 1.807) is 25.1 Å². The van der Waals surface area contributed by atoms with Crippen molar-refractivity contribution in [1.82, 2.24) is 5.32 Å². The van der Waals surface area contributed by atoms with Gasteiger partial charge >= 0.3 is 24.8 Å². The van der Waals surface area contributed by atoms with Crippen LogP contribution in [0.15, 0.2) is 24.3 Å². The zero-order valence-corrected chi connectivity index (χ0v) is 9.16. The van der Waals surface area contributed by atoms with Gasteiger partial charge in [-0.25, -0.2) is 4.79 Å². The third-order valence-electron chi connectivity index (χ3n) is 1.38. The average molecular weight is 189 g/mol. The molecule has 0 radical (unpaired) electrons. The van der Waals surface area contributed by atoms with Crippen molar-refractivity contribution in [3.05, 3.63) is 35.4 Å². The van der Waals surface area contributed by atoms with Gasteiger partial charge in [0.25, 0.3) is 0 Å². The molecule has 1 aromatic carbocycles. The first-order chi connectivity index (χ1) is 6.13. The minimum atomic E-state index is -0.863. The Morgan fingerprint density at radius 3 is 2.07 bits per heavy atom. The maximum absolute atomic E-state index is 10.4. The van der Waals surface area contributed by atoms with Gasteiger partial charge in [-0.05, 0) is 32.6 Å². The minimum absolute atomic E-state index is 0. The normalized spacial score (nSPS) is 7.93. The third kappa shape index (κ3) is 5.82. The maximum Gasteiger partial charge on any atom is 1.00 e. The van der Waals surface area contributed by atoms with Crippen LogP contribution in [0, 0.1) is 6.92 Å². The Labute approximate surface area is 98.2 Å². The van der Waals surface area contributed by atoms with Gasteiger partial charge in [0, 0.05) is 0 Å². The Kier molecular flexibility index (Phi) is 9.91. The molecule has 74 valence electrons. The fourth-order valence-electron chi connectivity index (χ4n) is 0.813. The predicted octanol–water partition coefficient (Wildman–Crippen LogP) is -1.35. The van der Waals surface area contributed by atoms with Crippen LogP contribution in [0.25, 0.3) is 0 Å². The number of nitrogens with one attached hydrogen (secondary N) is 1. The van der Waals surface area contributed by atoms with Gasteiger partial charge in [-0.15, -0.1) is 0 Å². The van der Waals surface area contributed by atoms with Crippen molar-refractivity contribution in [3.8, 4) is 0 Å². The first kappa shape index (κ1) is 15.7. The summed E-state index contributed by atoms with van der Waals surface area (Å²) in [6.45, 7) is 1.78. The summed E-state index contributed by atoms with van der Waals surface area (Å²) >= 11 is 0. The van der Waals surface area contributed by atoms with E-state index in [1.165, 1.54) is 0 Å². The first-order valence-corrected chi connectivity index (χ1v) is 4.01. The van der Waals surface area contributed by atoms with Gasteiger partial charge in [-0.3, -0.25) is 0 Å². The van der Waals surface area contributed by atoms with Crippen molar-refractivity contribution >= 4 is 5.97 Å². The quantitative estimate of drug-likeness (QED) is 0.537. The second kappa shape index (κ2) is 8.83. The van der Waals surface area contributed by atoms with E-state index in [-0.39, 0.29) is 20.3 Å². The molecule has 0 bridgehead atoms. The minimum Gasteiger partial charge on any atom is -1.00 e. The summed E-state index contributed by atoms with van der Waals surface area (Å²) in [7, 11) is 3.75. The van der Waals surface area contributed by atoms with Crippen LogP contribution >= 0.6 is 0 Å². The van der Waals surface area contributed by atoms with E-state index in [2.05, 4.69) is 5.32 Å². The van der Waals surface area contributed by atoms with E-state index < -0.39 is 5.97 Å². The number of rotatable bonds is 1. The fourth-order valence-corrected chi connectivity index (χ4v) is 0.813. The van der Waals surface area contributed by atoms with Gasteiger partial charge in [-0.1, -0.05) is 18.2 Å². The molecule has 0 aliphatic rings. The zero-order valence-electron chi connectivity index (χ0n) is 10.2. The van der Waals surface area contributed by atoms with Gasteiger partial charge in [0.05, 0.1) is 5.56 Å². The summed E-state index contributed by atoms with van der Waals surface area (Å²) in [5, 5.41) is 11.3. The molecule has 0 heterocycles. The van der Waals surface area contributed by atoms with Crippen molar-refractivity contribution in [2.45, 2.75) is 6.92 Å². The van der Waals surface area contributed by atoms with Crippen LogP contribution in [0.2, 0.25) is 0 Å². The Morgan fingerprint density at radius 2 is 1.79 bits per heavy atom. The van der Waals surface area contributed by atoms with E-state index >= 15 is 0 Å². The van der Waals surface area contributed by atoms with Crippen molar-refractivity contribution in [1.29, 1.82) is 0 Å². The summed E-state index contributed by atoms with van der Waals surface area (Å²) in [5.74, 6) is -0.863. The number of hydrogen-bond acceptors (Lipinski definition) is 2. The molecule has 0 amide bonds. The molecule has 14 heavy (non-hydrogen) atoms. The molecule has 0 unspecified atom stereocenters. The fraction of sp³-hybridized carbons (Fsp3) is 0.300. The molecule has 0 saturated carbocycles. The van der Waals surface area contributed by atoms with Gasteiger partial charge < -0.3 is 11.8 Å². The SMILES string of the molecule is CNC.Cc1ccccc1C(=O)O.[H-].[Li+]. The molecule has 0 atom stereocenters. The van der Waals surface area contributed by atoms with Gasteiger partial charge in [0.2, 0.25) is 0 Å². The molecule has 0 saturated heterocycles. The zero-order chi connectivity index (χ0) is 10.3. The summed E-state index contributed by atoms with van der Waals surface area (Å²) in [4.78, 5) is 10.4. The molecule has 0 aromatic heterocycles. The molecule has 1 aromatic rings. The molecular formula is C10H16LiNO2. The van der Waals surface area contributed by atoms with Crippen LogP contribution < -0.4 is 24.2 Å². The number of carboxylic acid groups (broad SMARTS) is 1. The summed E-state index contributed by atoms with van der Waals surface area (Å²) in [5.41, 5.74) is 1.18. The number of hydrogen-bond donors (Lipinski definition) is 2. The van der Waals surface area contributed by atoms with Gasteiger partial charge in [0.15, 0.2) is 0 Å². The Balaban J connectivity index is -0.000000260. The molecule has 3 nitrogen and oxygen atoms in total. The van der Waals surface area contributed by atoms with E-state index in [1.807, 2.05) is 20.2 Å². The van der Waals surface area contributed by atoms with Crippen LogP contribution in [-0.2, 0) is 0 Å². The van der Waals surface area contributed by atoms with Crippen LogP contribution in [-0.4, -0.2) is 25.2 Å². The number of carbonyl (C=O) groups is 1. The molecule has 0 spiro atoms. The largest absolute Gasteiger partial charge is 1.00 e. The van der Waals surface area contributed by atoms with Crippen molar-refractivity contribution in [2.75, 3.05) is 14.1 Å². The number of aryl methyl sites for hydroxylation is 1.